The molecule has 142 valence electrons. The average Bonchev–Trinajstić information content (AvgIpc) is 2.53. The van der Waals surface area contributed by atoms with Gasteiger partial charge in [-0.25, -0.2) is 0 Å². The minimum Gasteiger partial charge on any atom is -0.394 e. The van der Waals surface area contributed by atoms with Crippen molar-refractivity contribution in [3.8, 4) is 0 Å². The van der Waals surface area contributed by atoms with Crippen LogP contribution in [0.1, 0.15) is 20.8 Å². The van der Waals surface area contributed by atoms with Crippen LogP contribution in [-0.2, 0) is 14.2 Å². The van der Waals surface area contributed by atoms with E-state index < -0.39 is 67.8 Å². The lowest BCUT2D eigenvalue weighted by molar-refractivity contribution is -0.339. The summed E-state index contributed by atoms with van der Waals surface area (Å²) in [6.45, 7) is 4.65. The van der Waals surface area contributed by atoms with Crippen LogP contribution in [0.5, 0.6) is 0 Å². The Labute approximate surface area is 140 Å². The molecule has 10 atom stereocenters. The summed E-state index contributed by atoms with van der Waals surface area (Å²) >= 11 is 0. The van der Waals surface area contributed by atoms with Crippen LogP contribution in [-0.4, -0.2) is 98.5 Å². The summed E-state index contributed by atoms with van der Waals surface area (Å²) in [5, 5.41) is 59.6. The van der Waals surface area contributed by atoms with Crippen molar-refractivity contribution in [2.45, 2.75) is 82.0 Å². The summed E-state index contributed by atoms with van der Waals surface area (Å²) in [5.74, 6) is -0.115. The largest absolute Gasteiger partial charge is 0.394 e. The number of aliphatic hydroxyl groups is 6. The summed E-state index contributed by atoms with van der Waals surface area (Å²) in [5.41, 5.74) is 0. The Hall–Kier alpha value is -0.360. The minimum atomic E-state index is -1.55. The number of ether oxygens (including phenoxy) is 3. The van der Waals surface area contributed by atoms with Crippen LogP contribution in [0.3, 0.4) is 0 Å². The highest BCUT2D eigenvalue weighted by Gasteiger charge is 2.50. The summed E-state index contributed by atoms with van der Waals surface area (Å²) in [6, 6.07) is 0. The van der Waals surface area contributed by atoms with E-state index in [4.69, 9.17) is 14.2 Å². The van der Waals surface area contributed by atoms with Gasteiger partial charge in [0.2, 0.25) is 0 Å². The number of rotatable bonds is 4. The normalized spacial score (nSPS) is 50.2. The Bertz CT molecular complexity index is 406. The van der Waals surface area contributed by atoms with Crippen molar-refractivity contribution in [2.75, 3.05) is 6.61 Å². The maximum atomic E-state index is 10.4. The van der Waals surface area contributed by atoms with Crippen LogP contribution in [0.2, 0.25) is 0 Å². The summed E-state index contributed by atoms with van der Waals surface area (Å²) in [7, 11) is 0. The first-order valence-electron chi connectivity index (χ1n) is 8.16. The third-order valence-electron chi connectivity index (χ3n) is 4.66. The maximum absolute atomic E-state index is 10.4. The van der Waals surface area contributed by atoms with Crippen LogP contribution in [0.15, 0.2) is 0 Å². The maximum Gasteiger partial charge on any atom is 0.187 e. The molecule has 0 aromatic carbocycles. The molecule has 2 saturated heterocycles. The summed E-state index contributed by atoms with van der Waals surface area (Å²) in [6.07, 6.45) is -11.9. The van der Waals surface area contributed by atoms with Gasteiger partial charge in [-0.1, -0.05) is 13.8 Å². The number of aliphatic hydroxyl groups excluding tert-OH is 6. The fourth-order valence-corrected chi connectivity index (χ4v) is 3.11. The molecule has 9 heteroatoms. The van der Waals surface area contributed by atoms with E-state index in [1.807, 2.05) is 13.8 Å². The molecule has 0 spiro atoms. The zero-order valence-electron chi connectivity index (χ0n) is 14.0. The van der Waals surface area contributed by atoms with Gasteiger partial charge in [-0.2, -0.15) is 0 Å². The SMILES string of the molecule is CC(C)C1OC(CO)C(O)C(OC2OC(C)C(O)C(O)C2O)C1O. The highest BCUT2D eigenvalue weighted by Crippen LogP contribution is 2.31. The molecule has 0 aliphatic carbocycles. The third kappa shape index (κ3) is 3.74. The molecule has 0 amide bonds. The first-order valence-corrected chi connectivity index (χ1v) is 8.16. The molecular formula is C15H28O9. The molecule has 2 aliphatic heterocycles. The lowest BCUT2D eigenvalue weighted by Crippen LogP contribution is -2.64. The highest BCUT2D eigenvalue weighted by atomic mass is 16.7. The van der Waals surface area contributed by atoms with Gasteiger partial charge in [0.05, 0.1) is 18.8 Å². The molecule has 2 heterocycles. The van der Waals surface area contributed by atoms with E-state index in [0.717, 1.165) is 0 Å². The van der Waals surface area contributed by atoms with Crippen LogP contribution in [0.4, 0.5) is 0 Å². The monoisotopic (exact) mass is 352 g/mol. The number of hydrogen-bond donors (Lipinski definition) is 6. The van der Waals surface area contributed by atoms with E-state index in [9.17, 15) is 30.6 Å². The number of hydrogen-bond acceptors (Lipinski definition) is 9. The van der Waals surface area contributed by atoms with E-state index in [0.29, 0.717) is 0 Å². The van der Waals surface area contributed by atoms with Crippen molar-refractivity contribution in [1.29, 1.82) is 0 Å². The van der Waals surface area contributed by atoms with Crippen LogP contribution in [0.25, 0.3) is 0 Å². The second kappa shape index (κ2) is 7.90. The molecule has 0 radical (unpaired) electrons. The van der Waals surface area contributed by atoms with Gasteiger partial charge in [-0.3, -0.25) is 0 Å². The van der Waals surface area contributed by atoms with Gasteiger partial charge in [-0.15, -0.1) is 0 Å². The molecule has 0 aromatic rings. The Morgan fingerprint density at radius 3 is 2.04 bits per heavy atom. The van der Waals surface area contributed by atoms with Gasteiger partial charge >= 0.3 is 0 Å². The van der Waals surface area contributed by atoms with E-state index >= 15 is 0 Å². The zero-order valence-corrected chi connectivity index (χ0v) is 14.0. The Kier molecular flexibility index (Phi) is 6.57. The van der Waals surface area contributed by atoms with Crippen LogP contribution < -0.4 is 0 Å². The molecule has 2 fully saturated rings. The molecule has 2 aliphatic rings. The fraction of sp³-hybridized carbons (Fsp3) is 1.00. The molecule has 10 unspecified atom stereocenters. The van der Waals surface area contributed by atoms with Gasteiger partial charge < -0.3 is 44.8 Å². The molecule has 6 N–H and O–H groups in total. The molecule has 2 rings (SSSR count). The van der Waals surface area contributed by atoms with Gasteiger partial charge in [0.1, 0.15) is 42.7 Å². The van der Waals surface area contributed by atoms with E-state index in [1.54, 1.807) is 0 Å². The lowest BCUT2D eigenvalue weighted by Gasteiger charge is -2.46. The fourth-order valence-electron chi connectivity index (χ4n) is 3.11. The smallest absolute Gasteiger partial charge is 0.187 e. The zero-order chi connectivity index (χ0) is 18.2. The van der Waals surface area contributed by atoms with Crippen molar-refractivity contribution in [2.24, 2.45) is 5.92 Å². The Morgan fingerprint density at radius 2 is 1.50 bits per heavy atom. The van der Waals surface area contributed by atoms with Crippen molar-refractivity contribution >= 4 is 0 Å². The van der Waals surface area contributed by atoms with Crippen molar-refractivity contribution in [3.05, 3.63) is 0 Å². The second-order valence-corrected chi connectivity index (χ2v) is 6.83. The van der Waals surface area contributed by atoms with Crippen LogP contribution in [0, 0.1) is 5.92 Å². The molecule has 0 aromatic heterocycles. The highest BCUT2D eigenvalue weighted by molar-refractivity contribution is 4.96. The van der Waals surface area contributed by atoms with Crippen molar-refractivity contribution < 1.29 is 44.8 Å². The van der Waals surface area contributed by atoms with E-state index in [-0.39, 0.29) is 5.92 Å². The Balaban J connectivity index is 2.15. The van der Waals surface area contributed by atoms with Gasteiger partial charge in [0.25, 0.3) is 0 Å². The topological polar surface area (TPSA) is 149 Å². The first-order chi connectivity index (χ1) is 11.2. The molecule has 9 nitrogen and oxygen atoms in total. The summed E-state index contributed by atoms with van der Waals surface area (Å²) in [4.78, 5) is 0. The van der Waals surface area contributed by atoms with E-state index in [1.165, 1.54) is 6.92 Å². The quantitative estimate of drug-likeness (QED) is 0.319. The molecule has 0 bridgehead atoms. The van der Waals surface area contributed by atoms with Crippen molar-refractivity contribution in [3.63, 3.8) is 0 Å². The second-order valence-electron chi connectivity index (χ2n) is 6.83. The average molecular weight is 352 g/mol. The first kappa shape index (κ1) is 20.0. The summed E-state index contributed by atoms with van der Waals surface area (Å²) < 4.78 is 16.4. The predicted octanol–water partition coefficient (Wildman–Crippen LogP) is -2.66. The van der Waals surface area contributed by atoms with E-state index in [2.05, 4.69) is 0 Å². The molecule has 0 saturated carbocycles. The standard InChI is InChI=1S/C15H28O9/c1-5(2)13-12(21)14(9(18)7(4-16)23-13)24-15-11(20)10(19)8(17)6(3)22-15/h5-21H,4H2,1-3H3. The predicted molar refractivity (Wildman–Crippen MR) is 79.8 cm³/mol. The van der Waals surface area contributed by atoms with Gasteiger partial charge in [-0.05, 0) is 12.8 Å². The molecule has 24 heavy (non-hydrogen) atoms. The van der Waals surface area contributed by atoms with Gasteiger partial charge in [0.15, 0.2) is 6.29 Å². The lowest BCUT2D eigenvalue weighted by atomic mass is 9.89. The Morgan fingerprint density at radius 1 is 0.875 bits per heavy atom. The van der Waals surface area contributed by atoms with Crippen LogP contribution >= 0.6 is 0 Å². The van der Waals surface area contributed by atoms with Gasteiger partial charge in [0, 0.05) is 0 Å². The minimum absolute atomic E-state index is 0.115. The molecular weight excluding hydrogens is 324 g/mol. The van der Waals surface area contributed by atoms with Crippen molar-refractivity contribution in [1.82, 2.24) is 0 Å². The third-order valence-corrected chi connectivity index (χ3v) is 4.66.